The zero-order chi connectivity index (χ0) is 11.0. The lowest BCUT2D eigenvalue weighted by Gasteiger charge is -2.49. The highest BCUT2D eigenvalue weighted by Crippen LogP contribution is 2.42. The third-order valence-corrected chi connectivity index (χ3v) is 5.14. The van der Waals surface area contributed by atoms with Crippen molar-refractivity contribution < 1.29 is 5.11 Å². The first-order valence-corrected chi connectivity index (χ1v) is 7.25. The van der Waals surface area contributed by atoms with Gasteiger partial charge in [-0.25, -0.2) is 0 Å². The lowest BCUT2D eigenvalue weighted by molar-refractivity contribution is -0.0857. The Labute approximate surface area is 98.8 Å². The average molecular weight is 223 g/mol. The first-order chi connectivity index (χ1) is 7.76. The molecule has 3 fully saturated rings. The molecule has 0 aromatic carbocycles. The van der Waals surface area contributed by atoms with Gasteiger partial charge in [0.15, 0.2) is 0 Å². The zero-order valence-corrected chi connectivity index (χ0v) is 10.3. The maximum atomic E-state index is 11.0. The van der Waals surface area contributed by atoms with Gasteiger partial charge in [-0.05, 0) is 44.4 Å². The van der Waals surface area contributed by atoms with Crippen LogP contribution < -0.4 is 5.32 Å². The molecule has 3 rings (SSSR count). The fourth-order valence-electron chi connectivity index (χ4n) is 4.34. The maximum Gasteiger partial charge on any atom is 0.0705 e. The maximum absolute atomic E-state index is 11.0. The van der Waals surface area contributed by atoms with E-state index in [0.717, 1.165) is 12.8 Å². The van der Waals surface area contributed by atoms with Crippen LogP contribution >= 0.6 is 0 Å². The van der Waals surface area contributed by atoms with Gasteiger partial charge >= 0.3 is 0 Å². The molecule has 2 heteroatoms. The molecule has 2 aliphatic heterocycles. The van der Waals surface area contributed by atoms with Crippen LogP contribution in [0.4, 0.5) is 0 Å². The van der Waals surface area contributed by atoms with Crippen LogP contribution in [-0.4, -0.2) is 22.8 Å². The van der Waals surface area contributed by atoms with Gasteiger partial charge in [0.25, 0.3) is 0 Å². The Bertz CT molecular complexity index is 235. The average Bonchev–Trinajstić information content (AvgIpc) is 2.29. The Morgan fingerprint density at radius 2 is 1.44 bits per heavy atom. The molecule has 2 unspecified atom stereocenters. The van der Waals surface area contributed by atoms with E-state index in [1.54, 1.807) is 0 Å². The van der Waals surface area contributed by atoms with Gasteiger partial charge in [0, 0.05) is 12.1 Å². The van der Waals surface area contributed by atoms with Crippen LogP contribution in [0.15, 0.2) is 0 Å². The second-order valence-electron chi connectivity index (χ2n) is 6.34. The van der Waals surface area contributed by atoms with Gasteiger partial charge in [-0.2, -0.15) is 0 Å². The van der Waals surface area contributed by atoms with Gasteiger partial charge < -0.3 is 10.4 Å². The molecule has 0 aromatic rings. The second-order valence-corrected chi connectivity index (χ2v) is 6.34. The first-order valence-electron chi connectivity index (χ1n) is 7.25. The molecule has 2 atom stereocenters. The van der Waals surface area contributed by atoms with Gasteiger partial charge in [-0.3, -0.25) is 0 Å². The number of nitrogens with one attached hydrogen (secondary N) is 1. The van der Waals surface area contributed by atoms with Crippen molar-refractivity contribution in [3.63, 3.8) is 0 Å². The summed E-state index contributed by atoms with van der Waals surface area (Å²) in [4.78, 5) is 0. The van der Waals surface area contributed by atoms with E-state index < -0.39 is 0 Å². The van der Waals surface area contributed by atoms with Crippen LogP contribution in [0.5, 0.6) is 0 Å². The van der Waals surface area contributed by atoms with Crippen molar-refractivity contribution in [1.29, 1.82) is 0 Å². The van der Waals surface area contributed by atoms with Gasteiger partial charge in [-0.15, -0.1) is 0 Å². The molecule has 2 bridgehead atoms. The molecule has 2 nitrogen and oxygen atoms in total. The highest BCUT2D eigenvalue weighted by Gasteiger charge is 2.45. The minimum absolute atomic E-state index is 0.318. The summed E-state index contributed by atoms with van der Waals surface area (Å²) in [6, 6.07) is 1.22. The van der Waals surface area contributed by atoms with Crippen LogP contribution in [-0.2, 0) is 0 Å². The zero-order valence-electron chi connectivity index (χ0n) is 10.3. The van der Waals surface area contributed by atoms with Crippen LogP contribution in [0.2, 0.25) is 0 Å². The van der Waals surface area contributed by atoms with Crippen molar-refractivity contribution in [2.45, 2.75) is 81.9 Å². The number of aliphatic hydroxyl groups is 1. The molecular formula is C14H25NO. The van der Waals surface area contributed by atoms with Gasteiger partial charge in [-0.1, -0.05) is 25.7 Å². The Balaban J connectivity index is 1.71. The van der Waals surface area contributed by atoms with Crippen LogP contribution in [0, 0.1) is 5.92 Å². The molecule has 0 amide bonds. The molecule has 1 saturated carbocycles. The lowest BCUT2D eigenvalue weighted by Crippen LogP contribution is -2.58. The largest absolute Gasteiger partial charge is 0.389 e. The molecule has 0 spiro atoms. The van der Waals surface area contributed by atoms with Crippen molar-refractivity contribution in [2.75, 3.05) is 0 Å². The van der Waals surface area contributed by atoms with Crippen molar-refractivity contribution in [1.82, 2.24) is 5.32 Å². The van der Waals surface area contributed by atoms with Crippen LogP contribution in [0.3, 0.4) is 0 Å². The number of rotatable bonds is 1. The third-order valence-electron chi connectivity index (χ3n) is 5.14. The van der Waals surface area contributed by atoms with E-state index >= 15 is 0 Å². The second kappa shape index (κ2) is 4.30. The highest BCUT2D eigenvalue weighted by molar-refractivity contribution is 5.01. The number of fused-ring (bicyclic) bond motifs is 2. The molecule has 1 aliphatic carbocycles. The number of hydrogen-bond donors (Lipinski definition) is 2. The third kappa shape index (κ3) is 2.02. The summed E-state index contributed by atoms with van der Waals surface area (Å²) < 4.78 is 0. The molecular weight excluding hydrogens is 198 g/mol. The molecule has 0 radical (unpaired) electrons. The summed E-state index contributed by atoms with van der Waals surface area (Å²) in [5.74, 6) is 0.603. The first kappa shape index (κ1) is 11.0. The molecule has 92 valence electrons. The van der Waals surface area contributed by atoms with E-state index in [2.05, 4.69) is 5.32 Å². The summed E-state index contributed by atoms with van der Waals surface area (Å²) >= 11 is 0. The molecule has 16 heavy (non-hydrogen) atoms. The Hall–Kier alpha value is -0.0800. The summed E-state index contributed by atoms with van der Waals surface area (Å²) in [5, 5.41) is 14.6. The Morgan fingerprint density at radius 3 is 2.06 bits per heavy atom. The summed E-state index contributed by atoms with van der Waals surface area (Å²) in [6.45, 7) is 0. The normalized spacial score (nSPS) is 45.6. The minimum Gasteiger partial charge on any atom is -0.389 e. The van der Waals surface area contributed by atoms with E-state index in [4.69, 9.17) is 0 Å². The number of piperidine rings is 2. The summed E-state index contributed by atoms with van der Waals surface area (Å²) in [6.07, 6.45) is 12.6. The quantitative estimate of drug-likeness (QED) is 0.716. The molecule has 3 aliphatic rings. The highest BCUT2D eigenvalue weighted by atomic mass is 16.3. The van der Waals surface area contributed by atoms with Crippen molar-refractivity contribution in [3.05, 3.63) is 0 Å². The van der Waals surface area contributed by atoms with E-state index in [1.807, 2.05) is 0 Å². The number of hydrogen-bond acceptors (Lipinski definition) is 2. The fraction of sp³-hybridized carbons (Fsp3) is 1.00. The van der Waals surface area contributed by atoms with Crippen LogP contribution in [0.1, 0.15) is 64.2 Å². The van der Waals surface area contributed by atoms with Crippen LogP contribution in [0.25, 0.3) is 0 Å². The van der Waals surface area contributed by atoms with E-state index in [1.165, 1.54) is 51.4 Å². The molecule has 2 saturated heterocycles. The lowest BCUT2D eigenvalue weighted by atomic mass is 9.67. The van der Waals surface area contributed by atoms with Gasteiger partial charge in [0.1, 0.15) is 0 Å². The topological polar surface area (TPSA) is 32.3 Å². The SMILES string of the molecule is OC1(C2CCCCC2)CC2CCCC(C1)N2. The fourth-order valence-corrected chi connectivity index (χ4v) is 4.34. The van der Waals surface area contributed by atoms with Crippen molar-refractivity contribution in [3.8, 4) is 0 Å². The van der Waals surface area contributed by atoms with E-state index in [0.29, 0.717) is 18.0 Å². The van der Waals surface area contributed by atoms with Crippen molar-refractivity contribution >= 4 is 0 Å². The summed E-state index contributed by atoms with van der Waals surface area (Å²) in [7, 11) is 0. The van der Waals surface area contributed by atoms with Gasteiger partial charge in [0.2, 0.25) is 0 Å². The Kier molecular flexibility index (Phi) is 2.97. The molecule has 0 aromatic heterocycles. The van der Waals surface area contributed by atoms with Gasteiger partial charge in [0.05, 0.1) is 5.60 Å². The van der Waals surface area contributed by atoms with E-state index in [9.17, 15) is 5.11 Å². The van der Waals surface area contributed by atoms with Crippen molar-refractivity contribution in [2.24, 2.45) is 5.92 Å². The monoisotopic (exact) mass is 223 g/mol. The summed E-state index contributed by atoms with van der Waals surface area (Å²) in [5.41, 5.74) is -0.318. The molecule has 2 N–H and O–H groups in total. The predicted octanol–water partition coefficient (Wildman–Crippen LogP) is 2.60. The Morgan fingerprint density at radius 1 is 0.812 bits per heavy atom. The molecule has 2 heterocycles. The smallest absolute Gasteiger partial charge is 0.0705 e. The standard InChI is InChI=1S/C14H25NO/c16-14(11-5-2-1-3-6-11)9-12-7-4-8-13(10-14)15-12/h11-13,15-16H,1-10H2. The minimum atomic E-state index is -0.318. The predicted molar refractivity (Wildman–Crippen MR) is 65.3 cm³/mol. The van der Waals surface area contributed by atoms with E-state index in [-0.39, 0.29) is 5.60 Å².